The second-order valence-corrected chi connectivity index (χ2v) is 6.37. The van der Waals surface area contributed by atoms with Crippen LogP contribution in [0.5, 0.6) is 0 Å². The van der Waals surface area contributed by atoms with Gasteiger partial charge in [0, 0.05) is 18.4 Å². The largest absolute Gasteiger partial charge is 0.466 e. The van der Waals surface area contributed by atoms with Gasteiger partial charge in [0.1, 0.15) is 0 Å². The molecular weight excluding hydrogens is 338 g/mol. The molecular formula is C10H20N2O8P2. The van der Waals surface area contributed by atoms with Crippen LogP contribution in [-0.2, 0) is 9.13 Å². The average molecular weight is 358 g/mol. The molecule has 1 aromatic rings. The van der Waals surface area contributed by atoms with E-state index < -0.39 is 15.6 Å². The van der Waals surface area contributed by atoms with E-state index >= 15 is 0 Å². The Morgan fingerprint density at radius 1 is 1.05 bits per heavy atom. The Labute approximate surface area is 127 Å². The lowest BCUT2D eigenvalue weighted by molar-refractivity contribution is 0.272. The van der Waals surface area contributed by atoms with Crippen LogP contribution in [0, 0.1) is 0 Å². The molecule has 10 nitrogen and oxygen atoms in total. The van der Waals surface area contributed by atoms with Crippen LogP contribution in [-0.4, -0.2) is 40.9 Å². The summed E-state index contributed by atoms with van der Waals surface area (Å²) < 4.78 is 17.8. The van der Waals surface area contributed by atoms with Gasteiger partial charge in [-0.25, -0.2) is 9.13 Å². The SMILES string of the molecule is O=P(O)(O)O.O=P(O)(O)O.c1cncc(C2CCCCN2)c1. The molecule has 2 rings (SSSR count). The van der Waals surface area contributed by atoms with Gasteiger partial charge in [-0.3, -0.25) is 4.98 Å². The van der Waals surface area contributed by atoms with E-state index in [9.17, 15) is 0 Å². The van der Waals surface area contributed by atoms with E-state index in [0.29, 0.717) is 6.04 Å². The molecule has 0 radical (unpaired) electrons. The third kappa shape index (κ3) is 17.4. The Morgan fingerprint density at radius 2 is 1.59 bits per heavy atom. The molecule has 0 aliphatic carbocycles. The first-order chi connectivity index (χ1) is 9.97. The monoisotopic (exact) mass is 358 g/mol. The Balaban J connectivity index is 0.000000372. The van der Waals surface area contributed by atoms with Crippen LogP contribution in [0.4, 0.5) is 0 Å². The van der Waals surface area contributed by atoms with Crippen LogP contribution in [0.15, 0.2) is 24.5 Å². The summed E-state index contributed by atoms with van der Waals surface area (Å²) in [4.78, 5) is 47.2. The molecule has 0 saturated carbocycles. The molecule has 128 valence electrons. The predicted octanol–water partition coefficient (Wildman–Crippen LogP) is 0.0390. The fraction of sp³-hybridized carbons (Fsp3) is 0.500. The number of nitrogens with zero attached hydrogens (tertiary/aromatic N) is 1. The van der Waals surface area contributed by atoms with Crippen molar-refractivity contribution in [2.75, 3.05) is 6.54 Å². The van der Waals surface area contributed by atoms with Gasteiger partial charge in [-0.2, -0.15) is 0 Å². The van der Waals surface area contributed by atoms with Crippen molar-refractivity contribution >= 4 is 15.6 Å². The van der Waals surface area contributed by atoms with Gasteiger partial charge < -0.3 is 34.7 Å². The van der Waals surface area contributed by atoms with Crippen LogP contribution in [0.1, 0.15) is 30.9 Å². The van der Waals surface area contributed by atoms with Crippen molar-refractivity contribution in [1.82, 2.24) is 10.3 Å². The zero-order chi connectivity index (χ0) is 17.2. The van der Waals surface area contributed by atoms with Crippen LogP contribution in [0.2, 0.25) is 0 Å². The van der Waals surface area contributed by atoms with Crippen molar-refractivity contribution in [3.8, 4) is 0 Å². The maximum atomic E-state index is 8.88. The normalized spacial score (nSPS) is 18.4. The number of phosphoric acid groups is 2. The van der Waals surface area contributed by atoms with Crippen LogP contribution in [0.3, 0.4) is 0 Å². The Hall–Kier alpha value is -0.670. The number of rotatable bonds is 1. The van der Waals surface area contributed by atoms with E-state index in [0.717, 1.165) is 6.54 Å². The summed E-state index contributed by atoms with van der Waals surface area (Å²) in [6, 6.07) is 4.70. The van der Waals surface area contributed by atoms with Crippen molar-refractivity contribution in [2.24, 2.45) is 0 Å². The zero-order valence-corrected chi connectivity index (χ0v) is 13.3. The molecule has 0 aromatic carbocycles. The van der Waals surface area contributed by atoms with Crippen LogP contribution < -0.4 is 5.32 Å². The second kappa shape index (κ2) is 10.2. The average Bonchev–Trinajstić information content (AvgIpc) is 2.37. The van der Waals surface area contributed by atoms with Gasteiger partial charge >= 0.3 is 15.6 Å². The molecule has 7 N–H and O–H groups in total. The van der Waals surface area contributed by atoms with Crippen LogP contribution >= 0.6 is 15.6 Å². The van der Waals surface area contributed by atoms with Crippen molar-refractivity contribution in [3.63, 3.8) is 0 Å². The summed E-state index contributed by atoms with van der Waals surface area (Å²) in [7, 11) is -9.28. The molecule has 0 amide bonds. The van der Waals surface area contributed by atoms with E-state index in [1.165, 1.54) is 24.8 Å². The van der Waals surface area contributed by atoms with E-state index in [-0.39, 0.29) is 0 Å². The molecule has 1 aliphatic heterocycles. The highest BCUT2D eigenvalue weighted by atomic mass is 31.2. The number of nitrogens with one attached hydrogen (secondary N) is 1. The van der Waals surface area contributed by atoms with Crippen LogP contribution in [0.25, 0.3) is 0 Å². The highest BCUT2D eigenvalue weighted by molar-refractivity contribution is 7.45. The first-order valence-electron chi connectivity index (χ1n) is 6.16. The van der Waals surface area contributed by atoms with Crippen molar-refractivity contribution in [2.45, 2.75) is 25.3 Å². The maximum absolute atomic E-state index is 8.88. The minimum atomic E-state index is -4.64. The zero-order valence-electron chi connectivity index (χ0n) is 11.6. The van der Waals surface area contributed by atoms with Gasteiger partial charge in [0.05, 0.1) is 0 Å². The Kier molecular flexibility index (Phi) is 9.86. The van der Waals surface area contributed by atoms with E-state index in [1.807, 2.05) is 18.5 Å². The maximum Gasteiger partial charge on any atom is 0.466 e. The van der Waals surface area contributed by atoms with E-state index in [2.05, 4.69) is 16.4 Å². The van der Waals surface area contributed by atoms with Gasteiger partial charge in [-0.1, -0.05) is 12.5 Å². The first kappa shape index (κ1) is 21.3. The van der Waals surface area contributed by atoms with Crippen molar-refractivity contribution < 1.29 is 38.5 Å². The number of hydrogen-bond acceptors (Lipinski definition) is 4. The smallest absolute Gasteiger partial charge is 0.310 e. The summed E-state index contributed by atoms with van der Waals surface area (Å²) in [5.74, 6) is 0. The van der Waals surface area contributed by atoms with Gasteiger partial charge in [0.25, 0.3) is 0 Å². The Morgan fingerprint density at radius 3 is 1.95 bits per heavy atom. The topological polar surface area (TPSA) is 180 Å². The molecule has 0 spiro atoms. The van der Waals surface area contributed by atoms with Gasteiger partial charge in [-0.05, 0) is 31.0 Å². The molecule has 22 heavy (non-hydrogen) atoms. The molecule has 2 heterocycles. The van der Waals surface area contributed by atoms with E-state index in [1.54, 1.807) is 0 Å². The summed E-state index contributed by atoms with van der Waals surface area (Å²) in [5, 5.41) is 3.50. The highest BCUT2D eigenvalue weighted by Gasteiger charge is 2.13. The summed E-state index contributed by atoms with van der Waals surface area (Å²) >= 11 is 0. The lowest BCUT2D eigenvalue weighted by Crippen LogP contribution is -2.26. The molecule has 1 atom stereocenters. The number of aromatic nitrogens is 1. The first-order valence-corrected chi connectivity index (χ1v) is 9.30. The summed E-state index contributed by atoms with van der Waals surface area (Å²) in [5.41, 5.74) is 1.33. The fourth-order valence-corrected chi connectivity index (χ4v) is 1.72. The van der Waals surface area contributed by atoms with Gasteiger partial charge in [-0.15, -0.1) is 0 Å². The lowest BCUT2D eigenvalue weighted by atomic mass is 9.99. The Bertz CT molecular complexity index is 460. The third-order valence-electron chi connectivity index (χ3n) is 2.40. The molecule has 1 unspecified atom stereocenters. The number of piperidine rings is 1. The molecule has 1 aliphatic rings. The van der Waals surface area contributed by atoms with E-state index in [4.69, 9.17) is 38.5 Å². The second-order valence-electron chi connectivity index (χ2n) is 4.32. The standard InChI is InChI=1S/C10H14N2.2H3O4P/c1-2-7-12-10(5-1)9-4-3-6-11-8-9;2*1-5(2,3)4/h3-4,6,8,10,12H,1-2,5,7H2;2*(H3,1,2,3,4). The lowest BCUT2D eigenvalue weighted by Gasteiger charge is -2.23. The fourth-order valence-electron chi connectivity index (χ4n) is 1.72. The van der Waals surface area contributed by atoms with Gasteiger partial charge in [0.15, 0.2) is 0 Å². The molecule has 12 heteroatoms. The van der Waals surface area contributed by atoms with Crippen molar-refractivity contribution in [3.05, 3.63) is 30.1 Å². The molecule has 1 saturated heterocycles. The highest BCUT2D eigenvalue weighted by Crippen LogP contribution is 2.26. The quantitative estimate of drug-likeness (QED) is 0.339. The third-order valence-corrected chi connectivity index (χ3v) is 2.40. The minimum Gasteiger partial charge on any atom is -0.310 e. The van der Waals surface area contributed by atoms with Crippen molar-refractivity contribution in [1.29, 1.82) is 0 Å². The molecule has 1 fully saturated rings. The minimum absolute atomic E-state index is 0.549. The molecule has 1 aromatic heterocycles. The van der Waals surface area contributed by atoms with Gasteiger partial charge in [0.2, 0.25) is 0 Å². The summed E-state index contributed by atoms with van der Waals surface area (Å²) in [6.07, 6.45) is 7.70. The number of pyridine rings is 1. The summed E-state index contributed by atoms with van der Waals surface area (Å²) in [6.45, 7) is 1.15. The predicted molar refractivity (Wildman–Crippen MR) is 77.4 cm³/mol. The molecule has 0 bridgehead atoms. The number of hydrogen-bond donors (Lipinski definition) is 7.